The smallest absolute Gasteiger partial charge is 0.335 e. The molecule has 0 saturated heterocycles. The van der Waals surface area contributed by atoms with Crippen molar-refractivity contribution in [2.75, 3.05) is 12.9 Å². The van der Waals surface area contributed by atoms with Gasteiger partial charge in [0.1, 0.15) is 12.4 Å². The lowest BCUT2D eigenvalue weighted by Crippen LogP contribution is -2.03. The van der Waals surface area contributed by atoms with E-state index < -0.39 is 16.1 Å². The van der Waals surface area contributed by atoms with Gasteiger partial charge >= 0.3 is 5.97 Å². The predicted octanol–water partition coefficient (Wildman–Crippen LogP) is 3.08. The molecule has 1 heterocycles. The van der Waals surface area contributed by atoms with Crippen molar-refractivity contribution in [2.45, 2.75) is 13.0 Å². The van der Waals surface area contributed by atoms with Gasteiger partial charge in [-0.2, -0.15) is 8.42 Å². The molecule has 1 N–H and O–H groups in total. The molecule has 0 amide bonds. The van der Waals surface area contributed by atoms with Crippen LogP contribution >= 0.6 is 0 Å². The monoisotopic (exact) mass is 374 g/mol. The van der Waals surface area contributed by atoms with Gasteiger partial charge in [0, 0.05) is 5.56 Å². The molecule has 0 saturated carbocycles. The average Bonchev–Trinajstić information content (AvgIpc) is 2.74. The highest BCUT2D eigenvalue weighted by Crippen LogP contribution is 2.37. The first-order valence-electron chi connectivity index (χ1n) is 7.98. The minimum absolute atomic E-state index is 0.0132. The minimum Gasteiger partial charge on any atom is -0.488 e. The van der Waals surface area contributed by atoms with Crippen LogP contribution in [0.1, 0.15) is 33.5 Å². The Kier molecular flexibility index (Phi) is 5.11. The largest absolute Gasteiger partial charge is 0.488 e. The van der Waals surface area contributed by atoms with Crippen molar-refractivity contribution in [3.05, 3.63) is 70.8 Å². The summed E-state index contributed by atoms with van der Waals surface area (Å²) in [6.45, 7) is 0.381. The van der Waals surface area contributed by atoms with E-state index in [2.05, 4.69) is 0 Å². The fourth-order valence-corrected chi connectivity index (χ4v) is 3.23. The normalized spacial score (nSPS) is 14.9. The molecule has 26 heavy (non-hydrogen) atoms. The molecule has 0 radical (unpaired) electrons. The summed E-state index contributed by atoms with van der Waals surface area (Å²) in [4.78, 5) is 11.3. The first-order valence-corrected chi connectivity index (χ1v) is 9.80. The molecule has 0 atom stereocenters. The lowest BCUT2D eigenvalue weighted by Gasteiger charge is -2.11. The Balaban J connectivity index is 2.05. The number of carboxylic acid groups (broad SMARTS) is 1. The van der Waals surface area contributed by atoms with Crippen molar-refractivity contribution in [1.82, 2.24) is 0 Å². The lowest BCUT2D eigenvalue weighted by atomic mass is 9.92. The van der Waals surface area contributed by atoms with Crippen LogP contribution in [0, 0.1) is 0 Å². The highest BCUT2D eigenvalue weighted by atomic mass is 32.2. The van der Waals surface area contributed by atoms with E-state index in [0.29, 0.717) is 24.3 Å². The van der Waals surface area contributed by atoms with Crippen LogP contribution in [-0.4, -0.2) is 32.4 Å². The van der Waals surface area contributed by atoms with Gasteiger partial charge in [0.05, 0.1) is 18.4 Å². The summed E-state index contributed by atoms with van der Waals surface area (Å²) in [5, 5.41) is 9.29. The minimum atomic E-state index is -3.50. The van der Waals surface area contributed by atoms with Crippen molar-refractivity contribution in [3.63, 3.8) is 0 Å². The Bertz CT molecular complexity index is 975. The van der Waals surface area contributed by atoms with Crippen LogP contribution in [0.4, 0.5) is 0 Å². The number of aromatic carboxylic acids is 1. The number of benzene rings is 2. The topological polar surface area (TPSA) is 89.9 Å². The quantitative estimate of drug-likeness (QED) is 0.639. The average molecular weight is 374 g/mol. The third-order valence-corrected chi connectivity index (χ3v) is 4.57. The van der Waals surface area contributed by atoms with Crippen molar-refractivity contribution >= 4 is 21.7 Å². The first-order chi connectivity index (χ1) is 12.3. The van der Waals surface area contributed by atoms with Gasteiger partial charge in [-0.3, -0.25) is 4.18 Å². The Morgan fingerprint density at radius 2 is 2.00 bits per heavy atom. The first kappa shape index (κ1) is 18.2. The molecule has 2 aromatic rings. The Hall–Kier alpha value is -2.64. The SMILES string of the molecule is CS(=O)(=O)OCC/C=C1\c2ccccc2COc2ccc(C(=O)O)cc21. The van der Waals surface area contributed by atoms with Gasteiger partial charge in [0.15, 0.2) is 0 Å². The highest BCUT2D eigenvalue weighted by molar-refractivity contribution is 7.85. The Morgan fingerprint density at radius 1 is 1.23 bits per heavy atom. The molecule has 0 spiro atoms. The molecule has 0 unspecified atom stereocenters. The van der Waals surface area contributed by atoms with Gasteiger partial charge in [0.2, 0.25) is 0 Å². The predicted molar refractivity (Wildman–Crippen MR) is 96.7 cm³/mol. The van der Waals surface area contributed by atoms with E-state index in [1.165, 1.54) is 6.07 Å². The number of hydrogen-bond donors (Lipinski definition) is 1. The van der Waals surface area contributed by atoms with Crippen LogP contribution in [-0.2, 0) is 20.9 Å². The second-order valence-corrected chi connectivity index (χ2v) is 7.54. The molecule has 3 rings (SSSR count). The molecular weight excluding hydrogens is 356 g/mol. The molecule has 7 heteroatoms. The number of ether oxygens (including phenoxy) is 1. The summed E-state index contributed by atoms with van der Waals surface area (Å²) in [7, 11) is -3.50. The Morgan fingerprint density at radius 3 is 2.73 bits per heavy atom. The molecule has 0 aliphatic carbocycles. The second kappa shape index (κ2) is 7.31. The zero-order valence-corrected chi connectivity index (χ0v) is 15.0. The summed E-state index contributed by atoms with van der Waals surface area (Å²) in [5.41, 5.74) is 3.51. The second-order valence-electron chi connectivity index (χ2n) is 5.89. The van der Waals surface area contributed by atoms with Crippen LogP contribution in [0.25, 0.3) is 5.57 Å². The van der Waals surface area contributed by atoms with E-state index >= 15 is 0 Å². The molecular formula is C19H18O6S. The van der Waals surface area contributed by atoms with Crippen molar-refractivity contribution < 1.29 is 27.2 Å². The fourth-order valence-electron chi connectivity index (χ4n) is 2.83. The summed E-state index contributed by atoms with van der Waals surface area (Å²) in [6, 6.07) is 12.4. The number of carboxylic acids is 1. The molecule has 1 aliphatic rings. The van der Waals surface area contributed by atoms with E-state index in [1.807, 2.05) is 30.3 Å². The maximum atomic E-state index is 11.3. The zero-order chi connectivity index (χ0) is 18.7. The number of rotatable bonds is 5. The Labute approximate surface area is 151 Å². The van der Waals surface area contributed by atoms with Gasteiger partial charge in [0.25, 0.3) is 10.1 Å². The van der Waals surface area contributed by atoms with Crippen molar-refractivity contribution in [1.29, 1.82) is 0 Å². The standard InChI is InChI=1S/C19H18O6S/c1-26(22,23)25-10-4-7-16-15-6-3-2-5-14(15)12-24-18-9-8-13(19(20)21)11-17(16)18/h2-3,5-9,11H,4,10,12H2,1H3,(H,20,21)/b16-7+. The van der Waals surface area contributed by atoms with Crippen molar-refractivity contribution in [3.8, 4) is 5.75 Å². The summed E-state index contributed by atoms with van der Waals surface area (Å²) in [5.74, 6) is -0.438. The van der Waals surface area contributed by atoms with Gasteiger partial charge in [-0.25, -0.2) is 4.79 Å². The maximum Gasteiger partial charge on any atom is 0.335 e. The van der Waals surface area contributed by atoms with E-state index in [9.17, 15) is 18.3 Å². The number of hydrogen-bond acceptors (Lipinski definition) is 5. The van der Waals surface area contributed by atoms with Gasteiger partial charge < -0.3 is 9.84 Å². The van der Waals surface area contributed by atoms with Crippen LogP contribution in [0.5, 0.6) is 5.75 Å². The molecule has 1 aliphatic heterocycles. The van der Waals surface area contributed by atoms with Crippen LogP contribution in [0.15, 0.2) is 48.5 Å². The van der Waals surface area contributed by atoms with Crippen molar-refractivity contribution in [2.24, 2.45) is 0 Å². The third kappa shape index (κ3) is 4.12. The number of fused-ring (bicyclic) bond motifs is 2. The van der Waals surface area contributed by atoms with Gasteiger partial charge in [-0.1, -0.05) is 30.3 Å². The number of carbonyl (C=O) groups is 1. The molecule has 0 aromatic heterocycles. The fraction of sp³-hybridized carbons (Fsp3) is 0.211. The van der Waals surface area contributed by atoms with Gasteiger partial charge in [-0.15, -0.1) is 0 Å². The van der Waals surface area contributed by atoms with Crippen LogP contribution < -0.4 is 4.74 Å². The molecule has 136 valence electrons. The van der Waals surface area contributed by atoms with Gasteiger partial charge in [-0.05, 0) is 41.3 Å². The van der Waals surface area contributed by atoms with Crippen LogP contribution in [0.3, 0.4) is 0 Å². The van der Waals surface area contributed by atoms with E-state index in [1.54, 1.807) is 12.1 Å². The molecule has 0 fully saturated rings. The summed E-state index contributed by atoms with van der Waals surface area (Å²) < 4.78 is 32.9. The summed E-state index contributed by atoms with van der Waals surface area (Å²) in [6.07, 6.45) is 3.21. The van der Waals surface area contributed by atoms with Crippen LogP contribution in [0.2, 0.25) is 0 Å². The van der Waals surface area contributed by atoms with E-state index in [0.717, 1.165) is 23.0 Å². The third-order valence-electron chi connectivity index (χ3n) is 3.97. The lowest BCUT2D eigenvalue weighted by molar-refractivity contribution is 0.0696. The highest BCUT2D eigenvalue weighted by Gasteiger charge is 2.20. The van der Waals surface area contributed by atoms with E-state index in [4.69, 9.17) is 8.92 Å². The zero-order valence-electron chi connectivity index (χ0n) is 14.1. The maximum absolute atomic E-state index is 11.3. The summed E-state index contributed by atoms with van der Waals surface area (Å²) >= 11 is 0. The molecule has 6 nitrogen and oxygen atoms in total. The van der Waals surface area contributed by atoms with E-state index in [-0.39, 0.29) is 12.2 Å². The molecule has 2 aromatic carbocycles. The molecule has 0 bridgehead atoms.